The van der Waals surface area contributed by atoms with E-state index in [4.69, 9.17) is 5.73 Å². The monoisotopic (exact) mass is 337 g/mol. The predicted molar refractivity (Wildman–Crippen MR) is 90.0 cm³/mol. The summed E-state index contributed by atoms with van der Waals surface area (Å²) in [6, 6.07) is 4.69. The number of nitro groups is 1. The first-order valence-electron chi connectivity index (χ1n) is 7.65. The van der Waals surface area contributed by atoms with E-state index in [-0.39, 0.29) is 25.1 Å². The van der Waals surface area contributed by atoms with Crippen molar-refractivity contribution in [3.05, 3.63) is 33.9 Å². The Morgan fingerprint density at radius 2 is 2.04 bits per heavy atom. The second-order valence-corrected chi connectivity index (χ2v) is 6.10. The quantitative estimate of drug-likeness (QED) is 0.272. The van der Waals surface area contributed by atoms with Crippen molar-refractivity contribution in [2.75, 3.05) is 11.9 Å². The summed E-state index contributed by atoms with van der Waals surface area (Å²) in [5.74, 6) is -2.38. The molecule has 0 aromatic heterocycles. The lowest BCUT2D eigenvalue weighted by molar-refractivity contribution is -0.384. The first kappa shape index (κ1) is 19.6. The molecule has 0 amide bonds. The third kappa shape index (κ3) is 4.51. The molecule has 0 bridgehead atoms. The second kappa shape index (κ2) is 7.87. The zero-order valence-electron chi connectivity index (χ0n) is 14.0. The van der Waals surface area contributed by atoms with Crippen molar-refractivity contribution in [1.82, 2.24) is 0 Å². The molecule has 4 N–H and O–H groups in total. The number of anilines is 1. The van der Waals surface area contributed by atoms with Crippen LogP contribution in [0.2, 0.25) is 0 Å². The van der Waals surface area contributed by atoms with Crippen LogP contribution in [0, 0.1) is 23.0 Å². The van der Waals surface area contributed by atoms with Gasteiger partial charge in [-0.25, -0.2) is 4.79 Å². The predicted octanol–water partition coefficient (Wildman–Crippen LogP) is 2.10. The third-order valence-corrected chi connectivity index (χ3v) is 3.76. The molecule has 0 saturated heterocycles. The number of hydrogen-bond donors (Lipinski definition) is 3. The van der Waals surface area contributed by atoms with E-state index in [1.807, 2.05) is 6.92 Å². The number of rotatable bonds is 9. The highest BCUT2D eigenvalue weighted by atomic mass is 16.6. The first-order valence-corrected chi connectivity index (χ1v) is 7.65. The number of hydrogen-bond acceptors (Lipinski definition) is 6. The minimum atomic E-state index is -1.94. The van der Waals surface area contributed by atoms with Crippen molar-refractivity contribution in [2.45, 2.75) is 39.2 Å². The number of nitrogens with two attached hydrogens (primary N) is 1. The lowest BCUT2D eigenvalue weighted by Crippen LogP contribution is -2.56. The van der Waals surface area contributed by atoms with Gasteiger partial charge >= 0.3 is 5.97 Å². The molecular formula is C16H23N3O5. The van der Waals surface area contributed by atoms with Crippen molar-refractivity contribution in [3.63, 3.8) is 0 Å². The normalized spacial score (nSPS) is 13.4. The van der Waals surface area contributed by atoms with Crippen LogP contribution in [0.15, 0.2) is 18.2 Å². The fraction of sp³-hybridized carbons (Fsp3) is 0.500. The number of benzene rings is 1. The van der Waals surface area contributed by atoms with Crippen LogP contribution in [-0.2, 0) is 9.59 Å². The summed E-state index contributed by atoms with van der Waals surface area (Å²) in [4.78, 5) is 33.9. The Bertz CT molecular complexity index is 645. The number of aliphatic carboxylic acids is 1. The number of carboxylic acid groups (broad SMARTS) is 1. The Hall–Kier alpha value is -2.48. The molecule has 24 heavy (non-hydrogen) atoms. The van der Waals surface area contributed by atoms with E-state index in [0.717, 1.165) is 5.56 Å². The molecule has 132 valence electrons. The van der Waals surface area contributed by atoms with Crippen LogP contribution in [0.4, 0.5) is 11.4 Å². The number of carbonyl (C=O) groups excluding carboxylic acids is 1. The van der Waals surface area contributed by atoms with Gasteiger partial charge in [0.2, 0.25) is 0 Å². The van der Waals surface area contributed by atoms with E-state index >= 15 is 0 Å². The number of nitrogens with one attached hydrogen (secondary N) is 1. The fourth-order valence-electron chi connectivity index (χ4n) is 2.39. The largest absolute Gasteiger partial charge is 0.480 e. The fourth-order valence-corrected chi connectivity index (χ4v) is 2.39. The molecule has 0 aliphatic heterocycles. The van der Waals surface area contributed by atoms with Crippen LogP contribution in [-0.4, -0.2) is 33.9 Å². The molecule has 0 unspecified atom stereocenters. The molecule has 1 rings (SSSR count). The molecule has 1 atom stereocenters. The molecule has 1 aromatic rings. The molecular weight excluding hydrogens is 314 g/mol. The van der Waals surface area contributed by atoms with Crippen molar-refractivity contribution < 1.29 is 19.6 Å². The number of aryl methyl sites for hydroxylation is 1. The van der Waals surface area contributed by atoms with Gasteiger partial charge in [-0.2, -0.15) is 0 Å². The van der Waals surface area contributed by atoms with E-state index in [0.29, 0.717) is 5.69 Å². The van der Waals surface area contributed by atoms with Crippen LogP contribution in [0.5, 0.6) is 0 Å². The van der Waals surface area contributed by atoms with Gasteiger partial charge in [0, 0.05) is 18.5 Å². The van der Waals surface area contributed by atoms with Gasteiger partial charge in [-0.15, -0.1) is 0 Å². The summed E-state index contributed by atoms with van der Waals surface area (Å²) in [6.07, 6.45) is 0.234. The molecule has 0 aliphatic carbocycles. The minimum absolute atomic E-state index is 0.0496. The number of nitro benzene ring substituents is 1. The Labute approximate surface area is 140 Å². The highest BCUT2D eigenvalue weighted by Crippen LogP contribution is 2.25. The molecule has 0 spiro atoms. The maximum absolute atomic E-state index is 12.0. The van der Waals surface area contributed by atoms with E-state index < -0.39 is 28.1 Å². The van der Waals surface area contributed by atoms with Crippen LogP contribution >= 0.6 is 0 Å². The van der Waals surface area contributed by atoms with Gasteiger partial charge in [-0.1, -0.05) is 19.9 Å². The van der Waals surface area contributed by atoms with Crippen molar-refractivity contribution in [3.8, 4) is 0 Å². The zero-order valence-corrected chi connectivity index (χ0v) is 14.0. The topological polar surface area (TPSA) is 136 Å². The Kier molecular flexibility index (Phi) is 6.42. The SMILES string of the molecule is Cc1ccc([N+](=O)[O-])c(NCCC[C@@](N)(C(=O)O)C(=O)C(C)C)c1. The van der Waals surface area contributed by atoms with E-state index in [9.17, 15) is 24.8 Å². The zero-order chi connectivity index (χ0) is 18.5. The molecule has 8 nitrogen and oxygen atoms in total. The van der Waals surface area contributed by atoms with Gasteiger partial charge in [0.25, 0.3) is 5.69 Å². The van der Waals surface area contributed by atoms with Crippen molar-refractivity contribution >= 4 is 23.1 Å². The lowest BCUT2D eigenvalue weighted by atomic mass is 9.84. The maximum Gasteiger partial charge on any atom is 0.331 e. The van der Waals surface area contributed by atoms with Crippen LogP contribution in [0.25, 0.3) is 0 Å². The summed E-state index contributed by atoms with van der Waals surface area (Å²) in [5, 5.41) is 23.2. The average molecular weight is 337 g/mol. The summed E-state index contributed by atoms with van der Waals surface area (Å²) in [6.45, 7) is 5.27. The first-order chi connectivity index (χ1) is 11.1. The van der Waals surface area contributed by atoms with Gasteiger partial charge in [0.05, 0.1) is 4.92 Å². The van der Waals surface area contributed by atoms with Gasteiger partial charge < -0.3 is 16.2 Å². The molecule has 0 radical (unpaired) electrons. The lowest BCUT2D eigenvalue weighted by Gasteiger charge is -2.25. The standard InChI is InChI=1S/C16H23N3O5/c1-10(2)14(20)16(17,15(21)22)7-4-8-18-12-9-11(3)5-6-13(12)19(23)24/h5-6,9-10,18H,4,7-8,17H2,1-3H3,(H,21,22)/t16-/m0/s1. The Morgan fingerprint density at radius 1 is 1.42 bits per heavy atom. The van der Waals surface area contributed by atoms with Crippen molar-refractivity contribution in [1.29, 1.82) is 0 Å². The highest BCUT2D eigenvalue weighted by Gasteiger charge is 2.42. The molecule has 0 fully saturated rings. The number of carboxylic acids is 1. The van der Waals surface area contributed by atoms with Crippen LogP contribution < -0.4 is 11.1 Å². The summed E-state index contributed by atoms with van der Waals surface area (Å²) < 4.78 is 0. The van der Waals surface area contributed by atoms with E-state index in [1.54, 1.807) is 26.0 Å². The van der Waals surface area contributed by atoms with Crippen molar-refractivity contribution in [2.24, 2.45) is 11.7 Å². The van der Waals surface area contributed by atoms with Crippen LogP contribution in [0.3, 0.4) is 0 Å². The van der Waals surface area contributed by atoms with E-state index in [1.165, 1.54) is 6.07 Å². The highest BCUT2D eigenvalue weighted by molar-refractivity contribution is 6.08. The van der Waals surface area contributed by atoms with Crippen LogP contribution in [0.1, 0.15) is 32.3 Å². The van der Waals surface area contributed by atoms with Gasteiger partial charge in [-0.3, -0.25) is 14.9 Å². The van der Waals surface area contributed by atoms with Gasteiger partial charge in [0.1, 0.15) is 5.69 Å². The number of Topliss-reactive ketones (excluding diaryl/α,β-unsaturated/α-hetero) is 1. The summed E-state index contributed by atoms with van der Waals surface area (Å²) in [5.41, 5.74) is 5.00. The molecule has 0 heterocycles. The maximum atomic E-state index is 12.0. The molecule has 0 saturated carbocycles. The molecule has 8 heteroatoms. The Morgan fingerprint density at radius 3 is 2.54 bits per heavy atom. The van der Waals surface area contributed by atoms with Gasteiger partial charge in [-0.05, 0) is 31.4 Å². The number of carbonyl (C=O) groups is 2. The van der Waals surface area contributed by atoms with E-state index in [2.05, 4.69) is 5.32 Å². The smallest absolute Gasteiger partial charge is 0.331 e. The minimum Gasteiger partial charge on any atom is -0.480 e. The average Bonchev–Trinajstić information content (AvgIpc) is 2.49. The third-order valence-electron chi connectivity index (χ3n) is 3.76. The summed E-state index contributed by atoms with van der Waals surface area (Å²) in [7, 11) is 0. The summed E-state index contributed by atoms with van der Waals surface area (Å²) >= 11 is 0. The second-order valence-electron chi connectivity index (χ2n) is 6.10. The molecule has 0 aliphatic rings. The van der Waals surface area contributed by atoms with Gasteiger partial charge in [0.15, 0.2) is 11.3 Å². The number of nitrogens with zero attached hydrogens (tertiary/aromatic N) is 1. The number of ketones is 1. The molecule has 1 aromatic carbocycles. The Balaban J connectivity index is 2.74.